The van der Waals surface area contributed by atoms with E-state index in [4.69, 9.17) is 0 Å². The average molecular weight is 296 g/mol. The van der Waals surface area contributed by atoms with E-state index in [0.29, 0.717) is 19.0 Å². The number of thiophene rings is 1. The van der Waals surface area contributed by atoms with Gasteiger partial charge in [-0.05, 0) is 49.2 Å². The van der Waals surface area contributed by atoms with Crippen LogP contribution in [0.5, 0.6) is 0 Å². The molecule has 0 saturated carbocycles. The molecule has 5 heteroatoms. The van der Waals surface area contributed by atoms with Gasteiger partial charge in [0.25, 0.3) is 0 Å². The molecule has 1 aromatic rings. The first-order valence-electron chi connectivity index (χ1n) is 7.26. The van der Waals surface area contributed by atoms with Crippen molar-refractivity contribution in [2.45, 2.75) is 39.3 Å². The Morgan fingerprint density at radius 2 is 2.40 bits per heavy atom. The van der Waals surface area contributed by atoms with Gasteiger partial charge in [-0.25, -0.2) is 0 Å². The first-order valence-corrected chi connectivity index (χ1v) is 8.14. The van der Waals surface area contributed by atoms with E-state index in [-0.39, 0.29) is 18.6 Å². The van der Waals surface area contributed by atoms with E-state index in [1.807, 2.05) is 5.38 Å². The zero-order valence-electron chi connectivity index (χ0n) is 12.3. The van der Waals surface area contributed by atoms with Crippen LogP contribution in [0, 0.1) is 12.8 Å². The van der Waals surface area contributed by atoms with Crippen LogP contribution in [-0.4, -0.2) is 41.7 Å². The van der Waals surface area contributed by atoms with Gasteiger partial charge in [-0.1, -0.05) is 6.92 Å². The van der Waals surface area contributed by atoms with Crippen molar-refractivity contribution in [1.82, 2.24) is 10.2 Å². The SMILES string of the molecule is Cc1ccsc1CNC(=O)CN1CCCC(C)C1CO. The number of aliphatic hydroxyl groups excluding tert-OH is 1. The number of nitrogens with one attached hydrogen (secondary N) is 1. The van der Waals surface area contributed by atoms with Crippen LogP contribution in [-0.2, 0) is 11.3 Å². The fraction of sp³-hybridized carbons (Fsp3) is 0.667. The van der Waals surface area contributed by atoms with E-state index in [1.54, 1.807) is 11.3 Å². The molecule has 1 amide bonds. The van der Waals surface area contributed by atoms with E-state index in [1.165, 1.54) is 10.4 Å². The molecule has 0 spiro atoms. The Balaban J connectivity index is 1.83. The molecule has 1 saturated heterocycles. The minimum atomic E-state index is 0.0466. The van der Waals surface area contributed by atoms with E-state index >= 15 is 0 Å². The summed E-state index contributed by atoms with van der Waals surface area (Å²) in [4.78, 5) is 15.4. The molecule has 2 unspecified atom stereocenters. The summed E-state index contributed by atoms with van der Waals surface area (Å²) >= 11 is 1.67. The van der Waals surface area contributed by atoms with Crippen molar-refractivity contribution in [3.63, 3.8) is 0 Å². The van der Waals surface area contributed by atoms with E-state index in [9.17, 15) is 9.90 Å². The lowest BCUT2D eigenvalue weighted by atomic mass is 9.91. The summed E-state index contributed by atoms with van der Waals surface area (Å²) in [6.07, 6.45) is 2.24. The third kappa shape index (κ3) is 3.81. The van der Waals surface area contributed by atoms with Crippen LogP contribution in [0.15, 0.2) is 11.4 Å². The largest absolute Gasteiger partial charge is 0.395 e. The second-order valence-electron chi connectivity index (χ2n) is 5.64. The van der Waals surface area contributed by atoms with Gasteiger partial charge < -0.3 is 10.4 Å². The quantitative estimate of drug-likeness (QED) is 0.870. The summed E-state index contributed by atoms with van der Waals surface area (Å²) in [5.41, 5.74) is 1.23. The lowest BCUT2D eigenvalue weighted by Gasteiger charge is -2.38. The molecule has 1 aliphatic rings. The van der Waals surface area contributed by atoms with Crippen molar-refractivity contribution in [3.05, 3.63) is 21.9 Å². The summed E-state index contributed by atoms with van der Waals surface area (Å²) < 4.78 is 0. The molecule has 2 heterocycles. The van der Waals surface area contributed by atoms with Gasteiger partial charge in [0, 0.05) is 10.9 Å². The molecule has 1 aromatic heterocycles. The smallest absolute Gasteiger partial charge is 0.234 e. The van der Waals surface area contributed by atoms with Crippen LogP contribution in [0.3, 0.4) is 0 Å². The monoisotopic (exact) mass is 296 g/mol. The lowest BCUT2D eigenvalue weighted by molar-refractivity contribution is -0.124. The molecule has 1 aliphatic heterocycles. The van der Waals surface area contributed by atoms with Gasteiger partial charge in [-0.3, -0.25) is 9.69 Å². The van der Waals surface area contributed by atoms with Crippen molar-refractivity contribution in [2.75, 3.05) is 19.7 Å². The summed E-state index contributed by atoms with van der Waals surface area (Å²) in [7, 11) is 0. The van der Waals surface area contributed by atoms with Gasteiger partial charge in [0.15, 0.2) is 0 Å². The Hall–Kier alpha value is -0.910. The number of rotatable bonds is 5. The molecular formula is C15H24N2O2S. The predicted molar refractivity (Wildman–Crippen MR) is 81.7 cm³/mol. The maximum Gasteiger partial charge on any atom is 0.234 e. The van der Waals surface area contributed by atoms with Crippen LogP contribution in [0.4, 0.5) is 0 Å². The van der Waals surface area contributed by atoms with E-state index in [2.05, 4.69) is 30.1 Å². The van der Waals surface area contributed by atoms with Gasteiger partial charge in [0.05, 0.1) is 19.7 Å². The van der Waals surface area contributed by atoms with Gasteiger partial charge in [-0.15, -0.1) is 11.3 Å². The van der Waals surface area contributed by atoms with Crippen molar-refractivity contribution in [3.8, 4) is 0 Å². The molecule has 0 aliphatic carbocycles. The summed E-state index contributed by atoms with van der Waals surface area (Å²) in [6.45, 7) is 6.25. The molecule has 112 valence electrons. The van der Waals surface area contributed by atoms with E-state index in [0.717, 1.165) is 19.4 Å². The lowest BCUT2D eigenvalue weighted by Crippen LogP contribution is -2.50. The zero-order chi connectivity index (χ0) is 14.5. The highest BCUT2D eigenvalue weighted by molar-refractivity contribution is 7.10. The highest BCUT2D eigenvalue weighted by Gasteiger charge is 2.28. The molecule has 4 nitrogen and oxygen atoms in total. The highest BCUT2D eigenvalue weighted by Crippen LogP contribution is 2.22. The van der Waals surface area contributed by atoms with Crippen LogP contribution in [0.2, 0.25) is 0 Å². The molecule has 1 fully saturated rings. The first kappa shape index (κ1) is 15.5. The zero-order valence-corrected chi connectivity index (χ0v) is 13.1. The van der Waals surface area contributed by atoms with Gasteiger partial charge in [0.2, 0.25) is 5.91 Å². The Kier molecular flexibility index (Phi) is 5.57. The minimum absolute atomic E-state index is 0.0466. The number of aryl methyl sites for hydroxylation is 1. The van der Waals surface area contributed by atoms with Crippen molar-refractivity contribution in [1.29, 1.82) is 0 Å². The molecular weight excluding hydrogens is 272 g/mol. The third-order valence-electron chi connectivity index (χ3n) is 4.18. The number of likely N-dealkylation sites (tertiary alicyclic amines) is 1. The van der Waals surface area contributed by atoms with Gasteiger partial charge in [-0.2, -0.15) is 0 Å². The summed E-state index contributed by atoms with van der Waals surface area (Å²) in [5.74, 6) is 0.506. The number of amides is 1. The Bertz CT molecular complexity index is 447. The number of aliphatic hydroxyl groups is 1. The van der Waals surface area contributed by atoms with E-state index < -0.39 is 0 Å². The number of piperidine rings is 1. The fourth-order valence-electron chi connectivity index (χ4n) is 2.83. The number of carbonyl (C=O) groups is 1. The predicted octanol–water partition coefficient (Wildman–Crippen LogP) is 1.77. The standard InChI is InChI=1S/C15H24N2O2S/c1-11-4-3-6-17(13(11)10-18)9-15(19)16-8-14-12(2)5-7-20-14/h5,7,11,13,18H,3-4,6,8-10H2,1-2H3,(H,16,19). The van der Waals surface area contributed by atoms with Crippen molar-refractivity contribution in [2.24, 2.45) is 5.92 Å². The van der Waals surface area contributed by atoms with Crippen molar-refractivity contribution < 1.29 is 9.90 Å². The molecule has 0 radical (unpaired) electrons. The summed E-state index contributed by atoms with van der Waals surface area (Å²) in [6, 6.07) is 2.19. The molecule has 20 heavy (non-hydrogen) atoms. The topological polar surface area (TPSA) is 52.6 Å². The number of hydrogen-bond donors (Lipinski definition) is 2. The molecule has 2 N–H and O–H groups in total. The summed E-state index contributed by atoms with van der Waals surface area (Å²) in [5, 5.41) is 14.5. The molecule has 2 atom stereocenters. The van der Waals surface area contributed by atoms with Crippen LogP contribution >= 0.6 is 11.3 Å². The normalized spacial score (nSPS) is 23.8. The van der Waals surface area contributed by atoms with Crippen LogP contribution in [0.25, 0.3) is 0 Å². The second kappa shape index (κ2) is 7.20. The average Bonchev–Trinajstić information content (AvgIpc) is 2.82. The fourth-order valence-corrected chi connectivity index (χ4v) is 3.68. The van der Waals surface area contributed by atoms with Crippen molar-refractivity contribution >= 4 is 17.2 Å². The number of carbonyl (C=O) groups excluding carboxylic acids is 1. The van der Waals surface area contributed by atoms with Gasteiger partial charge >= 0.3 is 0 Å². The molecule has 2 rings (SSSR count). The van der Waals surface area contributed by atoms with Gasteiger partial charge in [0.1, 0.15) is 0 Å². The number of nitrogens with zero attached hydrogens (tertiary/aromatic N) is 1. The number of hydrogen-bond acceptors (Lipinski definition) is 4. The Morgan fingerprint density at radius 1 is 1.60 bits per heavy atom. The maximum atomic E-state index is 12.1. The second-order valence-corrected chi connectivity index (χ2v) is 6.64. The Morgan fingerprint density at radius 3 is 3.05 bits per heavy atom. The third-order valence-corrected chi connectivity index (χ3v) is 5.20. The molecule has 0 bridgehead atoms. The first-order chi connectivity index (χ1) is 9.61. The van der Waals surface area contributed by atoms with Crippen LogP contribution in [0.1, 0.15) is 30.2 Å². The highest BCUT2D eigenvalue weighted by atomic mass is 32.1. The Labute approximate surface area is 124 Å². The van der Waals surface area contributed by atoms with Crippen LogP contribution < -0.4 is 5.32 Å². The minimum Gasteiger partial charge on any atom is -0.395 e. The maximum absolute atomic E-state index is 12.1. The molecule has 0 aromatic carbocycles.